The topological polar surface area (TPSA) is 37.2 Å². The zero-order valence-electron chi connectivity index (χ0n) is 15.5. The molecule has 1 aliphatic heterocycles. The molecule has 3 heterocycles. The summed E-state index contributed by atoms with van der Waals surface area (Å²) in [6.07, 6.45) is 1.87. The molecule has 1 aliphatic rings. The summed E-state index contributed by atoms with van der Waals surface area (Å²) in [4.78, 5) is 9.35. The van der Waals surface area contributed by atoms with Crippen LogP contribution in [0.2, 0.25) is 0 Å². The summed E-state index contributed by atoms with van der Waals surface area (Å²) in [5, 5.41) is 4.78. The first-order valence-corrected chi connectivity index (χ1v) is 9.21. The number of para-hydroxylation sites is 1. The van der Waals surface area contributed by atoms with Crippen LogP contribution in [0.3, 0.4) is 0 Å². The van der Waals surface area contributed by atoms with E-state index in [4.69, 9.17) is 5.10 Å². The summed E-state index contributed by atoms with van der Waals surface area (Å²) in [7, 11) is 0. The number of pyridine rings is 1. The zero-order valence-corrected chi connectivity index (χ0v) is 15.5. The average Bonchev–Trinajstić information content (AvgIpc) is 2.98. The third-order valence-corrected chi connectivity index (χ3v) is 5.17. The van der Waals surface area contributed by atoms with E-state index in [0.29, 0.717) is 0 Å². The lowest BCUT2D eigenvalue weighted by Gasteiger charge is -2.35. The van der Waals surface area contributed by atoms with Gasteiger partial charge >= 0.3 is 0 Å². The number of nitrogens with zero attached hydrogens (tertiary/aromatic N) is 5. The molecule has 5 heteroatoms. The molecule has 0 atom stereocenters. The minimum atomic E-state index is 0.959. The summed E-state index contributed by atoms with van der Waals surface area (Å²) >= 11 is 0. The minimum absolute atomic E-state index is 0.959. The van der Waals surface area contributed by atoms with Crippen molar-refractivity contribution >= 4 is 5.82 Å². The molecule has 2 aromatic heterocycles. The highest BCUT2D eigenvalue weighted by Crippen LogP contribution is 2.21. The Morgan fingerprint density at radius 2 is 1.62 bits per heavy atom. The van der Waals surface area contributed by atoms with E-state index in [2.05, 4.69) is 69.7 Å². The Morgan fingerprint density at radius 3 is 2.31 bits per heavy atom. The summed E-state index contributed by atoms with van der Waals surface area (Å²) in [5.41, 5.74) is 4.83. The molecule has 0 amide bonds. The monoisotopic (exact) mass is 347 g/mol. The first kappa shape index (κ1) is 16.8. The van der Waals surface area contributed by atoms with Crippen LogP contribution in [-0.2, 0) is 6.54 Å². The lowest BCUT2D eigenvalue weighted by atomic mass is 10.1. The average molecular weight is 347 g/mol. The van der Waals surface area contributed by atoms with Gasteiger partial charge in [0.1, 0.15) is 5.82 Å². The smallest absolute Gasteiger partial charge is 0.128 e. The van der Waals surface area contributed by atoms with Crippen LogP contribution >= 0.6 is 0 Å². The van der Waals surface area contributed by atoms with E-state index in [1.54, 1.807) is 0 Å². The number of hydrogen-bond donors (Lipinski definition) is 0. The Morgan fingerprint density at radius 1 is 0.885 bits per heavy atom. The van der Waals surface area contributed by atoms with Crippen molar-refractivity contribution in [1.82, 2.24) is 19.7 Å². The van der Waals surface area contributed by atoms with Crippen LogP contribution in [-0.4, -0.2) is 45.8 Å². The Hall–Kier alpha value is -2.66. The molecule has 1 aromatic carbocycles. The van der Waals surface area contributed by atoms with Crippen molar-refractivity contribution in [3.05, 3.63) is 71.7 Å². The molecule has 1 fully saturated rings. The summed E-state index contributed by atoms with van der Waals surface area (Å²) in [5.74, 6) is 1.08. The van der Waals surface area contributed by atoms with Gasteiger partial charge in [0, 0.05) is 50.2 Å². The van der Waals surface area contributed by atoms with Crippen LogP contribution < -0.4 is 4.90 Å². The predicted octanol–water partition coefficient (Wildman–Crippen LogP) is 3.21. The van der Waals surface area contributed by atoms with E-state index in [1.807, 2.05) is 18.3 Å². The van der Waals surface area contributed by atoms with Crippen molar-refractivity contribution in [1.29, 1.82) is 0 Å². The van der Waals surface area contributed by atoms with E-state index < -0.39 is 0 Å². The molecule has 4 rings (SSSR count). The largest absolute Gasteiger partial charge is 0.354 e. The first-order valence-electron chi connectivity index (χ1n) is 9.21. The maximum Gasteiger partial charge on any atom is 0.128 e. The highest BCUT2D eigenvalue weighted by Gasteiger charge is 2.21. The van der Waals surface area contributed by atoms with Crippen molar-refractivity contribution in [2.24, 2.45) is 0 Å². The molecule has 0 unspecified atom stereocenters. The highest BCUT2D eigenvalue weighted by atomic mass is 15.3. The molecule has 0 radical (unpaired) electrons. The van der Waals surface area contributed by atoms with E-state index in [-0.39, 0.29) is 0 Å². The SMILES string of the molecule is Cc1nn(-c2ccccc2)c(C)c1CN1CCN(c2ccccn2)CC1. The molecule has 134 valence electrons. The van der Waals surface area contributed by atoms with Gasteiger partial charge in [0.05, 0.1) is 11.4 Å². The summed E-state index contributed by atoms with van der Waals surface area (Å²) in [6.45, 7) is 9.38. The van der Waals surface area contributed by atoms with Crippen LogP contribution in [0.4, 0.5) is 5.82 Å². The number of hydrogen-bond acceptors (Lipinski definition) is 4. The van der Waals surface area contributed by atoms with E-state index in [1.165, 1.54) is 11.3 Å². The van der Waals surface area contributed by atoms with Crippen LogP contribution in [0.25, 0.3) is 5.69 Å². The van der Waals surface area contributed by atoms with Gasteiger partial charge in [0.25, 0.3) is 0 Å². The quantitative estimate of drug-likeness (QED) is 0.726. The molecule has 0 aliphatic carbocycles. The Labute approximate surface area is 154 Å². The van der Waals surface area contributed by atoms with Gasteiger partial charge in [-0.2, -0.15) is 5.10 Å². The Kier molecular flexibility index (Phi) is 4.71. The lowest BCUT2D eigenvalue weighted by molar-refractivity contribution is 0.248. The maximum absolute atomic E-state index is 4.78. The van der Waals surface area contributed by atoms with E-state index >= 15 is 0 Å². The van der Waals surface area contributed by atoms with E-state index in [0.717, 1.165) is 49.9 Å². The molecule has 3 aromatic rings. The fourth-order valence-corrected chi connectivity index (χ4v) is 3.62. The molecule has 0 saturated carbocycles. The summed E-state index contributed by atoms with van der Waals surface area (Å²) < 4.78 is 2.06. The lowest BCUT2D eigenvalue weighted by Crippen LogP contribution is -2.46. The minimum Gasteiger partial charge on any atom is -0.354 e. The van der Waals surface area contributed by atoms with Crippen molar-refractivity contribution in [2.75, 3.05) is 31.1 Å². The summed E-state index contributed by atoms with van der Waals surface area (Å²) in [6, 6.07) is 16.5. The Bertz CT molecular complexity index is 849. The number of rotatable bonds is 4. The van der Waals surface area contributed by atoms with Gasteiger partial charge in [-0.1, -0.05) is 24.3 Å². The second-order valence-electron chi connectivity index (χ2n) is 6.85. The fraction of sp³-hybridized carbons (Fsp3) is 0.333. The molecule has 1 saturated heterocycles. The van der Waals surface area contributed by atoms with Crippen molar-refractivity contribution in [2.45, 2.75) is 20.4 Å². The number of aromatic nitrogens is 3. The third-order valence-electron chi connectivity index (χ3n) is 5.17. The molecule has 0 N–H and O–H groups in total. The number of aryl methyl sites for hydroxylation is 1. The van der Waals surface area contributed by atoms with Crippen molar-refractivity contribution in [3.8, 4) is 5.69 Å². The standard InChI is InChI=1S/C21H25N5/c1-17-20(18(2)26(23-17)19-8-4-3-5-9-19)16-24-12-14-25(15-13-24)21-10-6-7-11-22-21/h3-11H,12-16H2,1-2H3. The van der Waals surface area contributed by atoms with Crippen LogP contribution in [0, 0.1) is 13.8 Å². The van der Waals surface area contributed by atoms with Gasteiger partial charge in [-0.25, -0.2) is 9.67 Å². The fourth-order valence-electron chi connectivity index (χ4n) is 3.62. The number of anilines is 1. The van der Waals surface area contributed by atoms with Gasteiger partial charge in [-0.3, -0.25) is 4.90 Å². The predicted molar refractivity (Wildman–Crippen MR) is 105 cm³/mol. The molecule has 26 heavy (non-hydrogen) atoms. The second-order valence-corrected chi connectivity index (χ2v) is 6.85. The molecular weight excluding hydrogens is 322 g/mol. The molecule has 0 spiro atoms. The molecule has 0 bridgehead atoms. The first-order chi connectivity index (χ1) is 12.7. The second kappa shape index (κ2) is 7.30. The Balaban J connectivity index is 1.45. The number of piperazine rings is 1. The molecular formula is C21H25N5. The number of benzene rings is 1. The van der Waals surface area contributed by atoms with Gasteiger partial charge in [-0.15, -0.1) is 0 Å². The highest BCUT2D eigenvalue weighted by molar-refractivity contribution is 5.39. The van der Waals surface area contributed by atoms with Gasteiger partial charge in [0.2, 0.25) is 0 Å². The van der Waals surface area contributed by atoms with Crippen LogP contribution in [0.5, 0.6) is 0 Å². The van der Waals surface area contributed by atoms with Crippen molar-refractivity contribution in [3.63, 3.8) is 0 Å². The van der Waals surface area contributed by atoms with Gasteiger partial charge in [0.15, 0.2) is 0 Å². The zero-order chi connectivity index (χ0) is 17.9. The van der Waals surface area contributed by atoms with Crippen molar-refractivity contribution < 1.29 is 0 Å². The third kappa shape index (κ3) is 3.35. The normalized spacial score (nSPS) is 15.4. The van der Waals surface area contributed by atoms with Gasteiger partial charge in [-0.05, 0) is 38.1 Å². The van der Waals surface area contributed by atoms with Gasteiger partial charge < -0.3 is 4.90 Å². The van der Waals surface area contributed by atoms with E-state index in [9.17, 15) is 0 Å². The van der Waals surface area contributed by atoms with Crippen LogP contribution in [0.15, 0.2) is 54.7 Å². The maximum atomic E-state index is 4.78. The van der Waals surface area contributed by atoms with Crippen LogP contribution in [0.1, 0.15) is 17.0 Å². The molecule has 5 nitrogen and oxygen atoms in total.